The molecule has 0 saturated heterocycles. The Morgan fingerprint density at radius 3 is 2.83 bits per heavy atom. The van der Waals surface area contributed by atoms with Crippen molar-refractivity contribution in [2.75, 3.05) is 18.1 Å². The van der Waals surface area contributed by atoms with Crippen LogP contribution in [0.25, 0.3) is 0 Å². The van der Waals surface area contributed by atoms with Crippen LogP contribution in [0.2, 0.25) is 0 Å². The van der Waals surface area contributed by atoms with Gasteiger partial charge in [-0.3, -0.25) is 9.78 Å². The molecule has 0 unspecified atom stereocenters. The van der Waals surface area contributed by atoms with Crippen LogP contribution in [-0.4, -0.2) is 16.6 Å². The third-order valence-electron chi connectivity index (χ3n) is 1.22. The summed E-state index contributed by atoms with van der Waals surface area (Å²) in [6.45, 7) is 2.15. The summed E-state index contributed by atoms with van der Waals surface area (Å²) in [5.74, 6) is 0.0800. The van der Waals surface area contributed by atoms with E-state index in [4.69, 9.17) is 16.2 Å². The van der Waals surface area contributed by atoms with Crippen LogP contribution in [0, 0.1) is 0 Å². The van der Waals surface area contributed by atoms with Crippen LogP contribution in [0.15, 0.2) is 4.79 Å². The number of anilines is 2. The normalized spacial score (nSPS) is 9.75. The number of nitrogen functional groups attached to an aromatic ring is 2. The molecule has 0 spiro atoms. The lowest BCUT2D eigenvalue weighted by molar-refractivity contribution is 0.328. The van der Waals surface area contributed by atoms with Gasteiger partial charge in [0.15, 0.2) is 5.69 Å². The van der Waals surface area contributed by atoms with E-state index in [1.54, 1.807) is 6.92 Å². The third-order valence-corrected chi connectivity index (χ3v) is 1.22. The van der Waals surface area contributed by atoms with Crippen LogP contribution < -0.4 is 21.8 Å². The summed E-state index contributed by atoms with van der Waals surface area (Å²) in [5.41, 5.74) is 10.1. The number of hydrogen-bond acceptors (Lipinski definition) is 5. The SMILES string of the molecule is CCOc1nc(N)[nH]c(=O)c1N. The van der Waals surface area contributed by atoms with Crippen molar-refractivity contribution in [3.63, 3.8) is 0 Å². The van der Waals surface area contributed by atoms with Gasteiger partial charge < -0.3 is 16.2 Å². The van der Waals surface area contributed by atoms with E-state index in [0.29, 0.717) is 6.61 Å². The van der Waals surface area contributed by atoms with Gasteiger partial charge in [0, 0.05) is 0 Å². The summed E-state index contributed by atoms with van der Waals surface area (Å²) < 4.78 is 4.96. The second-order valence-electron chi connectivity index (χ2n) is 2.10. The standard InChI is InChI=1S/C6H10N4O2/c1-2-12-5-3(7)4(11)9-6(8)10-5/h2,7H2,1H3,(H3,8,9,10,11). The van der Waals surface area contributed by atoms with Crippen LogP contribution in [0.1, 0.15) is 6.92 Å². The van der Waals surface area contributed by atoms with Crippen molar-refractivity contribution in [2.24, 2.45) is 0 Å². The molecule has 0 aliphatic rings. The predicted molar refractivity (Wildman–Crippen MR) is 44.9 cm³/mol. The van der Waals surface area contributed by atoms with Gasteiger partial charge in [0.1, 0.15) is 0 Å². The molecule has 0 atom stereocenters. The molecule has 0 aliphatic heterocycles. The van der Waals surface area contributed by atoms with Crippen LogP contribution >= 0.6 is 0 Å². The Morgan fingerprint density at radius 2 is 2.25 bits per heavy atom. The van der Waals surface area contributed by atoms with Crippen molar-refractivity contribution in [3.8, 4) is 5.88 Å². The van der Waals surface area contributed by atoms with E-state index in [0.717, 1.165) is 0 Å². The number of nitrogens with one attached hydrogen (secondary N) is 1. The maximum atomic E-state index is 11.0. The summed E-state index contributed by atoms with van der Waals surface area (Å²) in [4.78, 5) is 16.9. The van der Waals surface area contributed by atoms with E-state index >= 15 is 0 Å². The molecule has 0 aromatic carbocycles. The molecule has 0 fully saturated rings. The Hall–Kier alpha value is -1.72. The second-order valence-corrected chi connectivity index (χ2v) is 2.10. The molecule has 5 N–H and O–H groups in total. The minimum Gasteiger partial charge on any atom is -0.476 e. The monoisotopic (exact) mass is 170 g/mol. The minimum absolute atomic E-state index is 0.00218. The van der Waals surface area contributed by atoms with E-state index in [1.165, 1.54) is 0 Å². The zero-order chi connectivity index (χ0) is 9.14. The molecule has 12 heavy (non-hydrogen) atoms. The van der Waals surface area contributed by atoms with E-state index in [2.05, 4.69) is 9.97 Å². The number of nitrogens with two attached hydrogens (primary N) is 2. The molecular weight excluding hydrogens is 160 g/mol. The zero-order valence-corrected chi connectivity index (χ0v) is 6.63. The van der Waals surface area contributed by atoms with Gasteiger partial charge >= 0.3 is 0 Å². The number of H-pyrrole nitrogens is 1. The van der Waals surface area contributed by atoms with Gasteiger partial charge in [0.25, 0.3) is 5.56 Å². The Balaban J connectivity index is 3.18. The van der Waals surface area contributed by atoms with Crippen molar-refractivity contribution in [1.29, 1.82) is 0 Å². The fraction of sp³-hybridized carbons (Fsp3) is 0.333. The lowest BCUT2D eigenvalue weighted by Crippen LogP contribution is -2.17. The first-order valence-corrected chi connectivity index (χ1v) is 3.43. The highest BCUT2D eigenvalue weighted by Crippen LogP contribution is 2.12. The molecule has 1 aromatic heterocycles. The quantitative estimate of drug-likeness (QED) is 0.545. The molecule has 6 heteroatoms. The Labute approximate surface area is 68.6 Å². The average molecular weight is 170 g/mol. The first-order chi connectivity index (χ1) is 5.65. The van der Waals surface area contributed by atoms with Crippen molar-refractivity contribution in [3.05, 3.63) is 10.4 Å². The number of rotatable bonds is 2. The Bertz CT molecular complexity index is 333. The molecule has 1 aromatic rings. The van der Waals surface area contributed by atoms with Gasteiger partial charge in [-0.2, -0.15) is 4.98 Å². The molecule has 0 saturated carbocycles. The number of hydrogen-bond donors (Lipinski definition) is 3. The largest absolute Gasteiger partial charge is 0.476 e. The van der Waals surface area contributed by atoms with Crippen molar-refractivity contribution in [1.82, 2.24) is 9.97 Å². The molecule has 6 nitrogen and oxygen atoms in total. The molecule has 0 aliphatic carbocycles. The van der Waals surface area contributed by atoms with Crippen LogP contribution in [0.3, 0.4) is 0 Å². The average Bonchev–Trinajstić information content (AvgIpc) is 2.00. The lowest BCUT2D eigenvalue weighted by atomic mass is 10.5. The van der Waals surface area contributed by atoms with Crippen LogP contribution in [0.4, 0.5) is 11.6 Å². The molecule has 1 rings (SSSR count). The zero-order valence-electron chi connectivity index (χ0n) is 6.63. The van der Waals surface area contributed by atoms with E-state index in [1.807, 2.05) is 0 Å². The van der Waals surface area contributed by atoms with Gasteiger partial charge in [0.2, 0.25) is 11.8 Å². The number of nitrogens with zero attached hydrogens (tertiary/aromatic N) is 1. The summed E-state index contributed by atoms with van der Waals surface area (Å²) in [5, 5.41) is 0. The Kier molecular flexibility index (Phi) is 2.18. The van der Waals surface area contributed by atoms with E-state index in [-0.39, 0.29) is 17.5 Å². The fourth-order valence-electron chi connectivity index (χ4n) is 0.725. The molecule has 0 bridgehead atoms. The second kappa shape index (κ2) is 3.12. The summed E-state index contributed by atoms with van der Waals surface area (Å²) >= 11 is 0. The molecule has 66 valence electrons. The Morgan fingerprint density at radius 1 is 1.58 bits per heavy atom. The first-order valence-electron chi connectivity index (χ1n) is 3.43. The van der Waals surface area contributed by atoms with Crippen molar-refractivity contribution >= 4 is 11.6 Å². The fourth-order valence-corrected chi connectivity index (χ4v) is 0.725. The van der Waals surface area contributed by atoms with Crippen LogP contribution in [0.5, 0.6) is 5.88 Å². The number of aromatic nitrogens is 2. The molecule has 0 amide bonds. The summed E-state index contributed by atoms with van der Waals surface area (Å²) in [7, 11) is 0. The smallest absolute Gasteiger partial charge is 0.279 e. The van der Waals surface area contributed by atoms with Gasteiger partial charge in [-0.15, -0.1) is 0 Å². The predicted octanol–water partition coefficient (Wildman–Crippen LogP) is -0.667. The van der Waals surface area contributed by atoms with E-state index in [9.17, 15) is 4.79 Å². The van der Waals surface area contributed by atoms with Crippen molar-refractivity contribution < 1.29 is 4.74 Å². The summed E-state index contributed by atoms with van der Waals surface area (Å²) in [6.07, 6.45) is 0. The lowest BCUT2D eigenvalue weighted by Gasteiger charge is -2.04. The maximum absolute atomic E-state index is 11.0. The van der Waals surface area contributed by atoms with Crippen LogP contribution in [-0.2, 0) is 0 Å². The van der Waals surface area contributed by atoms with Gasteiger partial charge in [-0.25, -0.2) is 0 Å². The van der Waals surface area contributed by atoms with Gasteiger partial charge in [-0.05, 0) is 6.92 Å². The molecule has 0 radical (unpaired) electrons. The highest BCUT2D eigenvalue weighted by Gasteiger charge is 2.06. The third kappa shape index (κ3) is 1.47. The molecular formula is C6H10N4O2. The van der Waals surface area contributed by atoms with E-state index < -0.39 is 5.56 Å². The highest BCUT2D eigenvalue weighted by atomic mass is 16.5. The number of aromatic amines is 1. The van der Waals surface area contributed by atoms with Crippen molar-refractivity contribution in [2.45, 2.75) is 6.92 Å². The van der Waals surface area contributed by atoms with Gasteiger partial charge in [0.05, 0.1) is 6.61 Å². The van der Waals surface area contributed by atoms with Gasteiger partial charge in [-0.1, -0.05) is 0 Å². The maximum Gasteiger partial charge on any atom is 0.279 e. The highest BCUT2D eigenvalue weighted by molar-refractivity contribution is 5.47. The first kappa shape index (κ1) is 8.38. The molecule has 1 heterocycles. The summed E-state index contributed by atoms with van der Waals surface area (Å²) in [6, 6.07) is 0. The minimum atomic E-state index is -0.481. The topological polar surface area (TPSA) is 107 Å². The number of ether oxygens (including phenoxy) is 1.